The van der Waals surface area contributed by atoms with Gasteiger partial charge in [0.05, 0.1) is 19.0 Å². The van der Waals surface area contributed by atoms with E-state index in [0.717, 1.165) is 11.1 Å². The summed E-state index contributed by atoms with van der Waals surface area (Å²) in [5.41, 5.74) is 3.20. The predicted octanol–water partition coefficient (Wildman–Crippen LogP) is 4.43. The molecule has 1 N–H and O–H groups in total. The molecule has 2 amide bonds. The number of carbonyl (C=O) groups excluding carboxylic acids is 2. The van der Waals surface area contributed by atoms with E-state index >= 15 is 0 Å². The second-order valence-electron chi connectivity index (χ2n) is 7.59. The molecule has 0 aromatic heterocycles. The van der Waals surface area contributed by atoms with Crippen LogP contribution in [0.2, 0.25) is 0 Å². The Bertz CT molecular complexity index is 1040. The van der Waals surface area contributed by atoms with Crippen LogP contribution in [0.5, 0.6) is 0 Å². The Hall–Kier alpha value is -3.51. The molecule has 3 aromatic carbocycles. The van der Waals surface area contributed by atoms with Crippen molar-refractivity contribution in [3.05, 3.63) is 101 Å². The van der Waals surface area contributed by atoms with Crippen LogP contribution in [0.1, 0.15) is 29.7 Å². The second-order valence-corrected chi connectivity index (χ2v) is 7.59. The molecule has 3 rings (SSSR count). The summed E-state index contributed by atoms with van der Waals surface area (Å²) in [4.78, 5) is 26.6. The van der Waals surface area contributed by atoms with Gasteiger partial charge in [0.25, 0.3) is 5.91 Å². The maximum atomic E-state index is 13.6. The molecule has 5 nitrogen and oxygen atoms in total. The zero-order chi connectivity index (χ0) is 22.9. The van der Waals surface area contributed by atoms with Crippen LogP contribution in [0.4, 0.5) is 10.1 Å². The first-order valence-corrected chi connectivity index (χ1v) is 10.4. The number of nitrogens with zero attached hydrogens (tertiary/aromatic N) is 1. The third-order valence-electron chi connectivity index (χ3n) is 5.09. The van der Waals surface area contributed by atoms with E-state index in [9.17, 15) is 14.0 Å². The Morgan fingerprint density at radius 1 is 0.969 bits per heavy atom. The van der Waals surface area contributed by atoms with E-state index in [4.69, 9.17) is 4.74 Å². The van der Waals surface area contributed by atoms with Crippen LogP contribution < -0.4 is 10.2 Å². The van der Waals surface area contributed by atoms with Gasteiger partial charge in [-0.2, -0.15) is 0 Å². The molecule has 6 heteroatoms. The lowest BCUT2D eigenvalue weighted by Gasteiger charge is -2.23. The summed E-state index contributed by atoms with van der Waals surface area (Å²) in [5, 5.41) is 3.00. The SMILES string of the molecule is COCC(=O)N(Cc1cccc(F)c1)c1ccc(CC(=O)N[C@H](C)c2ccccc2)cc1. The number of methoxy groups -OCH3 is 1. The molecule has 0 radical (unpaired) electrons. The summed E-state index contributed by atoms with van der Waals surface area (Å²) in [6.45, 7) is 2.08. The molecule has 0 spiro atoms. The average molecular weight is 435 g/mol. The number of anilines is 1. The van der Waals surface area contributed by atoms with E-state index in [2.05, 4.69) is 5.32 Å². The number of nitrogens with one attached hydrogen (secondary N) is 1. The van der Waals surface area contributed by atoms with Gasteiger partial charge in [0.1, 0.15) is 12.4 Å². The van der Waals surface area contributed by atoms with Crippen LogP contribution in [-0.2, 0) is 27.3 Å². The minimum Gasteiger partial charge on any atom is -0.375 e. The number of ether oxygens (including phenoxy) is 1. The van der Waals surface area contributed by atoms with Crippen LogP contribution in [0.15, 0.2) is 78.9 Å². The Kier molecular flexibility index (Phi) is 8.11. The quantitative estimate of drug-likeness (QED) is 0.542. The monoisotopic (exact) mass is 434 g/mol. The van der Waals surface area contributed by atoms with Crippen molar-refractivity contribution in [2.75, 3.05) is 18.6 Å². The Morgan fingerprint density at radius 2 is 1.69 bits per heavy atom. The van der Waals surface area contributed by atoms with Gasteiger partial charge in [-0.3, -0.25) is 9.59 Å². The normalized spacial score (nSPS) is 11.6. The van der Waals surface area contributed by atoms with Crippen LogP contribution >= 0.6 is 0 Å². The Morgan fingerprint density at radius 3 is 2.34 bits per heavy atom. The van der Waals surface area contributed by atoms with E-state index in [-0.39, 0.29) is 43.2 Å². The van der Waals surface area contributed by atoms with Gasteiger partial charge in [0.2, 0.25) is 5.91 Å². The van der Waals surface area contributed by atoms with Gasteiger partial charge in [-0.1, -0.05) is 54.6 Å². The molecular formula is C26H27FN2O3. The molecule has 0 heterocycles. The first kappa shape index (κ1) is 23.2. The average Bonchev–Trinajstić information content (AvgIpc) is 2.79. The summed E-state index contributed by atoms with van der Waals surface area (Å²) in [7, 11) is 1.45. The highest BCUT2D eigenvalue weighted by molar-refractivity contribution is 5.94. The highest BCUT2D eigenvalue weighted by Crippen LogP contribution is 2.20. The minimum absolute atomic E-state index is 0.0822. The highest BCUT2D eigenvalue weighted by Gasteiger charge is 2.17. The molecule has 32 heavy (non-hydrogen) atoms. The maximum Gasteiger partial charge on any atom is 0.253 e. The molecule has 0 saturated carbocycles. The molecule has 1 atom stereocenters. The fourth-order valence-corrected chi connectivity index (χ4v) is 3.44. The van der Waals surface area contributed by atoms with Crippen LogP contribution in [0, 0.1) is 5.82 Å². The Balaban J connectivity index is 1.68. The van der Waals surface area contributed by atoms with Crippen LogP contribution in [0.25, 0.3) is 0 Å². The van der Waals surface area contributed by atoms with E-state index in [0.29, 0.717) is 11.3 Å². The topological polar surface area (TPSA) is 58.6 Å². The van der Waals surface area contributed by atoms with Gasteiger partial charge >= 0.3 is 0 Å². The first-order valence-electron chi connectivity index (χ1n) is 10.4. The predicted molar refractivity (Wildman–Crippen MR) is 123 cm³/mol. The number of carbonyl (C=O) groups is 2. The number of hydrogen-bond acceptors (Lipinski definition) is 3. The molecular weight excluding hydrogens is 407 g/mol. The van der Waals surface area contributed by atoms with Crippen molar-refractivity contribution >= 4 is 17.5 Å². The molecule has 0 aliphatic rings. The molecule has 0 bridgehead atoms. The summed E-state index contributed by atoms with van der Waals surface area (Å²) >= 11 is 0. The minimum atomic E-state index is -0.354. The molecule has 166 valence electrons. The van der Waals surface area contributed by atoms with Crippen molar-refractivity contribution in [2.24, 2.45) is 0 Å². The summed E-state index contributed by atoms with van der Waals surface area (Å²) in [6, 6.07) is 23.1. The largest absolute Gasteiger partial charge is 0.375 e. The van der Waals surface area contributed by atoms with Crippen LogP contribution in [0.3, 0.4) is 0 Å². The number of halogens is 1. The molecule has 3 aromatic rings. The first-order chi connectivity index (χ1) is 15.5. The van der Waals surface area contributed by atoms with E-state index in [1.54, 1.807) is 29.2 Å². The summed E-state index contributed by atoms with van der Waals surface area (Å²) in [6.07, 6.45) is 0.230. The third-order valence-corrected chi connectivity index (χ3v) is 5.09. The van der Waals surface area contributed by atoms with Gasteiger partial charge in [-0.15, -0.1) is 0 Å². The molecule has 0 saturated heterocycles. The number of rotatable bonds is 9. The van der Waals surface area contributed by atoms with Crippen molar-refractivity contribution in [3.8, 4) is 0 Å². The fraction of sp³-hybridized carbons (Fsp3) is 0.231. The number of hydrogen-bond donors (Lipinski definition) is 1. The standard InChI is InChI=1S/C26H27FN2O3/c1-19(22-8-4-3-5-9-22)28-25(30)16-20-11-13-24(14-12-20)29(26(31)18-32-2)17-21-7-6-10-23(27)15-21/h3-15,19H,16-18H2,1-2H3,(H,28,30)/t19-/m1/s1. The van der Waals surface area contributed by atoms with Gasteiger partial charge in [0.15, 0.2) is 0 Å². The highest BCUT2D eigenvalue weighted by atomic mass is 19.1. The summed E-state index contributed by atoms with van der Waals surface area (Å²) in [5.74, 6) is -0.673. The third kappa shape index (κ3) is 6.49. The van der Waals surface area contributed by atoms with Gasteiger partial charge < -0.3 is 15.0 Å². The van der Waals surface area contributed by atoms with Gasteiger partial charge in [-0.05, 0) is 47.9 Å². The molecule has 0 unspecified atom stereocenters. The molecule has 0 aliphatic heterocycles. The van der Waals surface area contributed by atoms with Crippen molar-refractivity contribution in [3.63, 3.8) is 0 Å². The Labute approximate surface area is 187 Å². The van der Waals surface area contributed by atoms with E-state index < -0.39 is 0 Å². The van der Waals surface area contributed by atoms with Gasteiger partial charge in [0, 0.05) is 12.8 Å². The zero-order valence-corrected chi connectivity index (χ0v) is 18.3. The van der Waals surface area contributed by atoms with E-state index in [1.165, 1.54) is 19.2 Å². The maximum absolute atomic E-state index is 13.6. The second kappa shape index (κ2) is 11.2. The van der Waals surface area contributed by atoms with E-state index in [1.807, 2.05) is 49.4 Å². The van der Waals surface area contributed by atoms with Crippen molar-refractivity contribution < 1.29 is 18.7 Å². The number of amides is 2. The van der Waals surface area contributed by atoms with Gasteiger partial charge in [-0.25, -0.2) is 4.39 Å². The fourth-order valence-electron chi connectivity index (χ4n) is 3.44. The smallest absolute Gasteiger partial charge is 0.253 e. The summed E-state index contributed by atoms with van der Waals surface area (Å²) < 4.78 is 18.6. The molecule has 0 fully saturated rings. The lowest BCUT2D eigenvalue weighted by molar-refractivity contribution is -0.122. The van der Waals surface area contributed by atoms with Crippen molar-refractivity contribution in [1.82, 2.24) is 5.32 Å². The molecule has 0 aliphatic carbocycles. The lowest BCUT2D eigenvalue weighted by Crippen LogP contribution is -2.33. The van der Waals surface area contributed by atoms with Crippen LogP contribution in [-0.4, -0.2) is 25.5 Å². The van der Waals surface area contributed by atoms with Crippen molar-refractivity contribution in [2.45, 2.75) is 25.9 Å². The van der Waals surface area contributed by atoms with Crippen molar-refractivity contribution in [1.29, 1.82) is 0 Å². The zero-order valence-electron chi connectivity index (χ0n) is 18.3. The number of benzene rings is 3. The lowest BCUT2D eigenvalue weighted by atomic mass is 10.1.